The van der Waals surface area contributed by atoms with Crippen molar-refractivity contribution in [3.8, 4) is 0 Å². The van der Waals surface area contributed by atoms with Gasteiger partial charge in [-0.2, -0.15) is 0 Å². The van der Waals surface area contributed by atoms with Crippen LogP contribution in [0.5, 0.6) is 0 Å². The molecule has 1 unspecified atom stereocenters. The standard InChI is InChI=1S/C16H15BrClN3O2/c17-12-7-10(8-20-15(12)22)16(23)21-6-5-19-9-14(21)11-3-1-2-4-13(11)18/h1-4,7-8,14,19H,5-6,9H2,(H,20,22). The van der Waals surface area contributed by atoms with Gasteiger partial charge in [-0.05, 0) is 33.6 Å². The molecule has 0 saturated carbocycles. The van der Waals surface area contributed by atoms with Crippen molar-refractivity contribution in [1.82, 2.24) is 15.2 Å². The van der Waals surface area contributed by atoms with Crippen LogP contribution in [0.3, 0.4) is 0 Å². The van der Waals surface area contributed by atoms with Crippen molar-refractivity contribution in [2.24, 2.45) is 0 Å². The number of pyridine rings is 1. The molecule has 0 aliphatic carbocycles. The van der Waals surface area contributed by atoms with Crippen molar-refractivity contribution in [1.29, 1.82) is 0 Å². The lowest BCUT2D eigenvalue weighted by Gasteiger charge is -2.37. The van der Waals surface area contributed by atoms with Crippen LogP contribution in [0.2, 0.25) is 5.02 Å². The van der Waals surface area contributed by atoms with E-state index in [0.29, 0.717) is 28.1 Å². The zero-order valence-electron chi connectivity index (χ0n) is 12.2. The van der Waals surface area contributed by atoms with E-state index in [4.69, 9.17) is 11.6 Å². The summed E-state index contributed by atoms with van der Waals surface area (Å²) >= 11 is 9.46. The Morgan fingerprint density at radius 3 is 2.87 bits per heavy atom. The van der Waals surface area contributed by atoms with E-state index in [9.17, 15) is 9.59 Å². The van der Waals surface area contributed by atoms with E-state index in [-0.39, 0.29) is 17.5 Å². The SMILES string of the molecule is O=C(c1c[nH]c(=O)c(Br)c1)N1CCNCC1c1ccccc1Cl. The molecular formula is C16H15BrClN3O2. The average Bonchev–Trinajstić information content (AvgIpc) is 2.57. The molecule has 1 aliphatic heterocycles. The predicted octanol–water partition coefficient (Wildman–Crippen LogP) is 2.58. The van der Waals surface area contributed by atoms with Crippen LogP contribution in [0.25, 0.3) is 0 Å². The Labute approximate surface area is 146 Å². The van der Waals surface area contributed by atoms with Gasteiger partial charge in [0.15, 0.2) is 0 Å². The maximum atomic E-state index is 12.9. The van der Waals surface area contributed by atoms with Crippen LogP contribution in [0.4, 0.5) is 0 Å². The number of nitrogens with one attached hydrogen (secondary N) is 2. The van der Waals surface area contributed by atoms with E-state index in [1.807, 2.05) is 24.3 Å². The smallest absolute Gasteiger partial charge is 0.262 e. The lowest BCUT2D eigenvalue weighted by molar-refractivity contribution is 0.0634. The number of H-pyrrole nitrogens is 1. The van der Waals surface area contributed by atoms with Gasteiger partial charge in [0.25, 0.3) is 11.5 Å². The number of amides is 1. The molecule has 1 atom stereocenters. The molecule has 1 fully saturated rings. The van der Waals surface area contributed by atoms with Crippen molar-refractivity contribution in [2.75, 3.05) is 19.6 Å². The highest BCUT2D eigenvalue weighted by atomic mass is 79.9. The lowest BCUT2D eigenvalue weighted by Crippen LogP contribution is -2.48. The van der Waals surface area contributed by atoms with Crippen LogP contribution in [0, 0.1) is 0 Å². The molecule has 2 N–H and O–H groups in total. The van der Waals surface area contributed by atoms with Crippen molar-refractivity contribution >= 4 is 33.4 Å². The van der Waals surface area contributed by atoms with Crippen LogP contribution in [-0.2, 0) is 0 Å². The van der Waals surface area contributed by atoms with Gasteiger partial charge >= 0.3 is 0 Å². The maximum Gasteiger partial charge on any atom is 0.262 e. The number of hydrogen-bond acceptors (Lipinski definition) is 3. The second-order valence-electron chi connectivity index (χ2n) is 5.31. The fourth-order valence-electron chi connectivity index (χ4n) is 2.72. The molecule has 3 rings (SSSR count). The van der Waals surface area contributed by atoms with Crippen LogP contribution in [0.1, 0.15) is 22.0 Å². The minimum Gasteiger partial charge on any atom is -0.329 e. The first-order valence-corrected chi connectivity index (χ1v) is 8.39. The van der Waals surface area contributed by atoms with E-state index in [1.54, 1.807) is 11.0 Å². The number of aromatic amines is 1. The number of nitrogens with zero attached hydrogens (tertiary/aromatic N) is 1. The molecular weight excluding hydrogens is 382 g/mol. The molecule has 1 amide bonds. The number of aromatic nitrogens is 1. The van der Waals surface area contributed by atoms with Crippen LogP contribution < -0.4 is 10.9 Å². The Bertz CT molecular complexity index is 793. The molecule has 120 valence electrons. The van der Waals surface area contributed by atoms with E-state index in [2.05, 4.69) is 26.2 Å². The molecule has 0 spiro atoms. The number of hydrogen-bond donors (Lipinski definition) is 2. The van der Waals surface area contributed by atoms with Gasteiger partial charge in [-0.25, -0.2) is 0 Å². The molecule has 2 aromatic rings. The molecule has 1 saturated heterocycles. The third-order valence-corrected chi connectivity index (χ3v) is 4.81. The van der Waals surface area contributed by atoms with Crippen molar-refractivity contribution in [3.63, 3.8) is 0 Å². The zero-order chi connectivity index (χ0) is 16.4. The van der Waals surface area contributed by atoms with Crippen molar-refractivity contribution in [3.05, 3.63) is 67.5 Å². The van der Waals surface area contributed by atoms with Gasteiger partial charge in [-0.15, -0.1) is 0 Å². The summed E-state index contributed by atoms with van der Waals surface area (Å²) in [5.41, 5.74) is 1.10. The van der Waals surface area contributed by atoms with Gasteiger partial charge < -0.3 is 15.2 Å². The summed E-state index contributed by atoms with van der Waals surface area (Å²) in [4.78, 5) is 28.7. The van der Waals surface area contributed by atoms with Gasteiger partial charge in [0, 0.05) is 30.9 Å². The number of rotatable bonds is 2. The Balaban J connectivity index is 1.95. The summed E-state index contributed by atoms with van der Waals surface area (Å²) in [6.45, 7) is 1.93. The Kier molecular flexibility index (Phi) is 4.84. The summed E-state index contributed by atoms with van der Waals surface area (Å²) in [6, 6.07) is 8.94. The third-order valence-electron chi connectivity index (χ3n) is 3.87. The second kappa shape index (κ2) is 6.86. The minimum atomic E-state index is -0.260. The van der Waals surface area contributed by atoms with Crippen LogP contribution in [0.15, 0.2) is 45.8 Å². The largest absolute Gasteiger partial charge is 0.329 e. The quantitative estimate of drug-likeness (QED) is 0.820. The fraction of sp³-hybridized carbons (Fsp3) is 0.250. The first-order chi connectivity index (χ1) is 11.1. The first-order valence-electron chi connectivity index (χ1n) is 7.22. The molecule has 1 aromatic carbocycles. The van der Waals surface area contributed by atoms with Crippen molar-refractivity contribution in [2.45, 2.75) is 6.04 Å². The van der Waals surface area contributed by atoms with E-state index < -0.39 is 0 Å². The summed E-state index contributed by atoms with van der Waals surface area (Å²) in [5.74, 6) is -0.131. The highest BCUT2D eigenvalue weighted by Crippen LogP contribution is 2.29. The van der Waals surface area contributed by atoms with E-state index in [0.717, 1.165) is 12.1 Å². The number of carbonyl (C=O) groups excluding carboxylic acids is 1. The summed E-state index contributed by atoms with van der Waals surface area (Å²) in [5, 5.41) is 3.94. The molecule has 2 heterocycles. The minimum absolute atomic E-state index is 0.131. The molecule has 0 bridgehead atoms. The lowest BCUT2D eigenvalue weighted by atomic mass is 10.0. The molecule has 0 radical (unpaired) electrons. The highest BCUT2D eigenvalue weighted by Gasteiger charge is 2.30. The molecule has 23 heavy (non-hydrogen) atoms. The number of benzene rings is 1. The van der Waals surface area contributed by atoms with Crippen LogP contribution >= 0.6 is 27.5 Å². The summed E-state index contributed by atoms with van der Waals surface area (Å²) in [7, 11) is 0. The van der Waals surface area contributed by atoms with Gasteiger partial charge in [0.1, 0.15) is 0 Å². The van der Waals surface area contributed by atoms with E-state index in [1.165, 1.54) is 6.20 Å². The van der Waals surface area contributed by atoms with Crippen molar-refractivity contribution < 1.29 is 4.79 Å². The number of piperazine rings is 1. The van der Waals surface area contributed by atoms with Crippen LogP contribution in [-0.4, -0.2) is 35.4 Å². The predicted molar refractivity (Wildman–Crippen MR) is 92.9 cm³/mol. The monoisotopic (exact) mass is 395 g/mol. The average molecular weight is 397 g/mol. The van der Waals surface area contributed by atoms with Gasteiger partial charge in [0.2, 0.25) is 0 Å². The maximum absolute atomic E-state index is 12.9. The normalized spacial score (nSPS) is 18.0. The zero-order valence-corrected chi connectivity index (χ0v) is 14.5. The third kappa shape index (κ3) is 3.34. The highest BCUT2D eigenvalue weighted by molar-refractivity contribution is 9.10. The fourth-order valence-corrected chi connectivity index (χ4v) is 3.34. The summed E-state index contributed by atoms with van der Waals surface area (Å²) < 4.78 is 0.341. The topological polar surface area (TPSA) is 65.2 Å². The number of carbonyl (C=O) groups is 1. The second-order valence-corrected chi connectivity index (χ2v) is 6.57. The molecule has 7 heteroatoms. The Morgan fingerprint density at radius 1 is 1.35 bits per heavy atom. The molecule has 1 aliphatic rings. The van der Waals surface area contributed by atoms with Gasteiger partial charge in [0.05, 0.1) is 16.1 Å². The van der Waals surface area contributed by atoms with Gasteiger partial charge in [-0.3, -0.25) is 9.59 Å². The molecule has 5 nitrogen and oxygen atoms in total. The number of halogens is 2. The summed E-state index contributed by atoms with van der Waals surface area (Å²) in [6.07, 6.45) is 1.45. The first kappa shape index (κ1) is 16.2. The van der Waals surface area contributed by atoms with Gasteiger partial charge in [-0.1, -0.05) is 29.8 Å². The molecule has 1 aromatic heterocycles. The Morgan fingerprint density at radius 2 is 2.13 bits per heavy atom. The Hall–Kier alpha value is -1.63. The van der Waals surface area contributed by atoms with E-state index >= 15 is 0 Å².